The van der Waals surface area contributed by atoms with E-state index in [-0.39, 0.29) is 84.0 Å². The number of fused-ring (bicyclic) bond motifs is 6. The van der Waals surface area contributed by atoms with Crippen molar-refractivity contribution in [2.45, 2.75) is 194 Å². The third-order valence-electron chi connectivity index (χ3n) is 14.8. The van der Waals surface area contributed by atoms with E-state index in [0.29, 0.717) is 39.1 Å². The lowest BCUT2D eigenvalue weighted by Gasteiger charge is -2.34. The first-order valence-electron chi connectivity index (χ1n) is 25.3. The molecule has 5 N–H and O–H groups in total. The summed E-state index contributed by atoms with van der Waals surface area (Å²) < 4.78 is 22.3. The highest BCUT2D eigenvalue weighted by Crippen LogP contribution is 2.66. The van der Waals surface area contributed by atoms with E-state index in [1.54, 1.807) is 51.3 Å². The van der Waals surface area contributed by atoms with Crippen molar-refractivity contribution in [1.29, 1.82) is 0 Å². The highest BCUT2D eigenvalue weighted by atomic mass is 16.6. The number of nitrogens with zero attached hydrogens (tertiary/aromatic N) is 2. The topological polar surface area (TPSA) is 231 Å². The molecule has 0 aromatic rings. The summed E-state index contributed by atoms with van der Waals surface area (Å²) in [7, 11) is 0. The van der Waals surface area contributed by atoms with Crippen LogP contribution in [0.15, 0.2) is 0 Å². The molecule has 6 fully saturated rings. The second-order valence-corrected chi connectivity index (χ2v) is 23.1. The van der Waals surface area contributed by atoms with Crippen LogP contribution in [0.3, 0.4) is 0 Å². The van der Waals surface area contributed by atoms with Crippen molar-refractivity contribution in [1.82, 2.24) is 31.1 Å². The van der Waals surface area contributed by atoms with Gasteiger partial charge in [-0.25, -0.2) is 9.59 Å². The summed E-state index contributed by atoms with van der Waals surface area (Å²) in [6, 6.07) is -4.08. The fourth-order valence-electron chi connectivity index (χ4n) is 10.8. The number of carbonyl (C=O) groups excluding carboxylic acids is 7. The lowest BCUT2D eigenvalue weighted by atomic mass is 9.99. The summed E-state index contributed by atoms with van der Waals surface area (Å²) in [6.07, 6.45) is 10.3. The van der Waals surface area contributed by atoms with E-state index >= 15 is 0 Å². The molecule has 4 aliphatic heterocycles. The number of hydrogen-bond acceptors (Lipinski definition) is 12. The van der Waals surface area contributed by atoms with E-state index in [1.807, 2.05) is 0 Å². The fourth-order valence-corrected chi connectivity index (χ4v) is 10.8. The van der Waals surface area contributed by atoms with Gasteiger partial charge in [0.2, 0.25) is 23.6 Å². The predicted octanol–water partition coefficient (Wildman–Crippen LogP) is 4.63. The first-order chi connectivity index (χ1) is 31.9. The van der Waals surface area contributed by atoms with E-state index in [0.717, 1.165) is 70.5 Å². The Balaban J connectivity index is 0.000000254. The van der Waals surface area contributed by atoms with Gasteiger partial charge < -0.3 is 59.9 Å². The van der Waals surface area contributed by atoms with Gasteiger partial charge in [0, 0.05) is 26.3 Å². The van der Waals surface area contributed by atoms with Gasteiger partial charge in [-0.3, -0.25) is 19.2 Å². The Morgan fingerprint density at radius 1 is 0.662 bits per heavy atom. The second-order valence-electron chi connectivity index (χ2n) is 23.1. The summed E-state index contributed by atoms with van der Waals surface area (Å²) in [5.74, 6) is -0.715. The number of aldehydes is 1. The molecule has 0 bridgehead atoms. The van der Waals surface area contributed by atoms with Gasteiger partial charge in [-0.1, -0.05) is 79.1 Å². The molecule has 68 heavy (non-hydrogen) atoms. The van der Waals surface area contributed by atoms with Gasteiger partial charge in [0.25, 0.3) is 0 Å². The summed E-state index contributed by atoms with van der Waals surface area (Å²) >= 11 is 0. The van der Waals surface area contributed by atoms with Crippen LogP contribution >= 0.6 is 0 Å². The maximum atomic E-state index is 13.6. The standard InChI is InChI=1S/C25H43N3O6.C25H41N3O6/c2*1-24(2,3)34-23(32)27-18-15-33-12-10-8-6-7-9-11-16(14-29)26-21(30)20-19-17(25(19,4)5)13-28(20)22(18)31/h16-20,29H,6-15H2,1-5H3,(H,26,30)(H,27,32);14,16-20H,6-13,15H2,1-5H3,(H,26,30)(H,27,32)/t2*16-,17-,18-,19-,20-/m00/s1. The number of hydrogen-bond donors (Lipinski definition) is 5. The minimum atomic E-state index is -0.958. The minimum absolute atomic E-state index is 0.0125. The molecule has 0 aromatic carbocycles. The summed E-state index contributed by atoms with van der Waals surface area (Å²) in [5.41, 5.74) is -1.50. The number of nitrogens with one attached hydrogen (secondary N) is 4. The summed E-state index contributed by atoms with van der Waals surface area (Å²) in [4.78, 5) is 93.7. The van der Waals surface area contributed by atoms with Crippen molar-refractivity contribution in [3.63, 3.8) is 0 Å². The van der Waals surface area contributed by atoms with Crippen LogP contribution in [0.5, 0.6) is 0 Å². The zero-order valence-corrected chi connectivity index (χ0v) is 42.6. The summed E-state index contributed by atoms with van der Waals surface area (Å²) in [6.45, 7) is 20.8. The molecule has 0 radical (unpaired) electrons. The summed E-state index contributed by atoms with van der Waals surface area (Å²) in [5, 5.41) is 21.0. The van der Waals surface area contributed by atoms with Crippen molar-refractivity contribution in [2.24, 2.45) is 34.5 Å². The van der Waals surface area contributed by atoms with Crippen LogP contribution in [0, 0.1) is 34.5 Å². The SMILES string of the molecule is CC(C)(C)OC(=O)N[C@H]1COCCCCCCC[C@@H](C=O)NC(=O)[C@@H]2[C@@H]3[C@H](CN2C1=O)C3(C)C.CC(C)(C)OC(=O)N[C@H]1COCCCCCCC[C@@H](CO)NC(=O)[C@@H]2[C@@H]3[C@H](CN2C1=O)C3(C)C. The quantitative estimate of drug-likeness (QED) is 0.243. The van der Waals surface area contributed by atoms with Gasteiger partial charge in [-0.05, 0) is 102 Å². The average molecular weight is 961 g/mol. The maximum absolute atomic E-state index is 13.6. The molecule has 2 aliphatic carbocycles. The molecule has 6 amide bonds. The number of carbonyl (C=O) groups is 7. The fraction of sp³-hybridized carbons (Fsp3) is 0.860. The molecule has 18 heteroatoms. The van der Waals surface area contributed by atoms with E-state index in [9.17, 15) is 38.7 Å². The average Bonchev–Trinajstić information content (AvgIpc) is 3.69. The van der Waals surface area contributed by atoms with Crippen molar-refractivity contribution in [3.05, 3.63) is 0 Å². The molecular weight excluding hydrogens is 877 g/mol. The van der Waals surface area contributed by atoms with Crippen molar-refractivity contribution < 1.29 is 57.6 Å². The molecule has 2 saturated carbocycles. The maximum Gasteiger partial charge on any atom is 0.408 e. The zero-order valence-electron chi connectivity index (χ0n) is 42.6. The van der Waals surface area contributed by atoms with Crippen LogP contribution in [0.25, 0.3) is 0 Å². The van der Waals surface area contributed by atoms with Crippen molar-refractivity contribution in [2.75, 3.05) is 46.1 Å². The molecular formula is C50H84N6O12. The molecule has 0 unspecified atom stereocenters. The van der Waals surface area contributed by atoms with Gasteiger partial charge in [0.15, 0.2) is 0 Å². The van der Waals surface area contributed by atoms with E-state index < -0.39 is 53.6 Å². The van der Waals surface area contributed by atoms with Crippen molar-refractivity contribution >= 4 is 42.1 Å². The van der Waals surface area contributed by atoms with Crippen LogP contribution in [0.1, 0.15) is 146 Å². The Kier molecular flexibility index (Phi) is 18.8. The number of alkyl carbamates (subject to hydrolysis) is 2. The number of aliphatic hydroxyl groups is 1. The molecule has 6 aliphatic rings. The molecule has 386 valence electrons. The largest absolute Gasteiger partial charge is 0.444 e. The highest BCUT2D eigenvalue weighted by molar-refractivity contribution is 5.94. The van der Waals surface area contributed by atoms with Crippen LogP contribution in [0.2, 0.25) is 0 Å². The second kappa shape index (κ2) is 23.3. The highest BCUT2D eigenvalue weighted by Gasteiger charge is 2.70. The van der Waals surface area contributed by atoms with Gasteiger partial charge in [0.05, 0.1) is 31.9 Å². The number of aliphatic hydroxyl groups excluding tert-OH is 1. The Bertz CT molecular complexity index is 1780. The molecule has 0 aromatic heterocycles. The molecule has 4 heterocycles. The molecule has 4 saturated heterocycles. The van der Waals surface area contributed by atoms with E-state index in [1.165, 1.54) is 0 Å². The minimum Gasteiger partial charge on any atom is -0.444 e. The molecule has 6 rings (SSSR count). The lowest BCUT2D eigenvalue weighted by molar-refractivity contribution is -0.143. The monoisotopic (exact) mass is 961 g/mol. The molecule has 10 atom stereocenters. The van der Waals surface area contributed by atoms with Gasteiger partial charge >= 0.3 is 12.2 Å². The van der Waals surface area contributed by atoms with Crippen LogP contribution in [0.4, 0.5) is 9.59 Å². The Morgan fingerprint density at radius 2 is 1.06 bits per heavy atom. The van der Waals surface area contributed by atoms with Crippen LogP contribution < -0.4 is 21.3 Å². The molecule has 0 spiro atoms. The zero-order chi connectivity index (χ0) is 50.2. The first kappa shape index (κ1) is 54.9. The smallest absolute Gasteiger partial charge is 0.408 e. The number of rotatable bonds is 4. The Morgan fingerprint density at radius 3 is 1.47 bits per heavy atom. The third kappa shape index (κ3) is 14.5. The van der Waals surface area contributed by atoms with E-state index in [2.05, 4.69) is 49.0 Å². The number of ether oxygens (including phenoxy) is 4. The predicted molar refractivity (Wildman–Crippen MR) is 253 cm³/mol. The number of piperidine rings is 2. The lowest BCUT2D eigenvalue weighted by Crippen LogP contribution is -2.58. The normalized spacial score (nSPS) is 32.8. The van der Waals surface area contributed by atoms with Gasteiger partial charge in [-0.2, -0.15) is 0 Å². The van der Waals surface area contributed by atoms with Gasteiger partial charge in [0.1, 0.15) is 41.7 Å². The van der Waals surface area contributed by atoms with Crippen LogP contribution in [-0.4, -0.2) is 151 Å². The Labute approximate surface area is 404 Å². The first-order valence-corrected chi connectivity index (χ1v) is 25.3. The van der Waals surface area contributed by atoms with E-state index in [4.69, 9.17) is 18.9 Å². The third-order valence-corrected chi connectivity index (χ3v) is 14.8. The van der Waals surface area contributed by atoms with Crippen molar-refractivity contribution in [3.8, 4) is 0 Å². The van der Waals surface area contributed by atoms with Gasteiger partial charge in [-0.15, -0.1) is 0 Å². The Hall–Kier alpha value is -4.03. The number of amides is 6. The van der Waals surface area contributed by atoms with Crippen LogP contribution in [-0.2, 0) is 42.9 Å². The molecule has 18 nitrogen and oxygen atoms in total.